The summed E-state index contributed by atoms with van der Waals surface area (Å²) >= 11 is 0. The fourth-order valence-electron chi connectivity index (χ4n) is 3.73. The van der Waals surface area contributed by atoms with E-state index in [-0.39, 0.29) is 16.8 Å². The molecule has 0 unspecified atom stereocenters. The van der Waals surface area contributed by atoms with Gasteiger partial charge in [0.1, 0.15) is 5.82 Å². The molecule has 0 bridgehead atoms. The smallest absolute Gasteiger partial charge is 0.261 e. The van der Waals surface area contributed by atoms with E-state index >= 15 is 0 Å². The van der Waals surface area contributed by atoms with Crippen molar-refractivity contribution >= 4 is 32.7 Å². The van der Waals surface area contributed by atoms with Gasteiger partial charge >= 0.3 is 0 Å². The lowest BCUT2D eigenvalue weighted by Gasteiger charge is -2.15. The van der Waals surface area contributed by atoms with Gasteiger partial charge in [0.25, 0.3) is 15.9 Å². The second-order valence-corrected chi connectivity index (χ2v) is 8.93. The van der Waals surface area contributed by atoms with Crippen molar-refractivity contribution in [2.45, 2.75) is 37.8 Å². The molecule has 1 aromatic heterocycles. The van der Waals surface area contributed by atoms with Gasteiger partial charge in [-0.2, -0.15) is 0 Å². The summed E-state index contributed by atoms with van der Waals surface area (Å²) in [5, 5.41) is 2.99. The lowest BCUT2D eigenvalue weighted by Crippen LogP contribution is -2.35. The minimum atomic E-state index is -3.79. The largest absolute Gasteiger partial charge is 0.379 e. The monoisotopic (exact) mass is 428 g/mol. The van der Waals surface area contributed by atoms with Crippen LogP contribution in [0.5, 0.6) is 0 Å². The van der Waals surface area contributed by atoms with Gasteiger partial charge in [-0.15, -0.1) is 0 Å². The SMILES string of the molecule is CCn1c(C)nc2cc(NS(=O)(=O)c3ccccc3)cc(C(=O)N[C@H]3CCOC3)c21. The number of aromatic nitrogens is 2. The summed E-state index contributed by atoms with van der Waals surface area (Å²) in [5.74, 6) is 0.486. The number of hydrogen-bond acceptors (Lipinski definition) is 5. The molecule has 30 heavy (non-hydrogen) atoms. The summed E-state index contributed by atoms with van der Waals surface area (Å²) < 4.78 is 35.4. The van der Waals surface area contributed by atoms with Gasteiger partial charge in [0.15, 0.2) is 0 Å². The Labute approximate surface area is 175 Å². The highest BCUT2D eigenvalue weighted by molar-refractivity contribution is 7.92. The van der Waals surface area contributed by atoms with Crippen molar-refractivity contribution in [2.24, 2.45) is 0 Å². The summed E-state index contributed by atoms with van der Waals surface area (Å²) in [6, 6.07) is 11.3. The first-order valence-electron chi connectivity index (χ1n) is 9.86. The fraction of sp³-hybridized carbons (Fsp3) is 0.333. The van der Waals surface area contributed by atoms with Crippen LogP contribution in [-0.4, -0.2) is 43.1 Å². The number of carbonyl (C=O) groups excluding carboxylic acids is 1. The Bertz CT molecular complexity index is 1180. The van der Waals surface area contributed by atoms with Crippen LogP contribution < -0.4 is 10.0 Å². The number of carbonyl (C=O) groups is 1. The number of sulfonamides is 1. The van der Waals surface area contributed by atoms with Crippen LogP contribution in [0.2, 0.25) is 0 Å². The molecule has 0 aliphatic carbocycles. The lowest BCUT2D eigenvalue weighted by atomic mass is 10.1. The topological polar surface area (TPSA) is 102 Å². The van der Waals surface area contributed by atoms with Gasteiger partial charge in [0.05, 0.1) is 39.8 Å². The molecule has 0 saturated carbocycles. The van der Waals surface area contributed by atoms with Crippen LogP contribution in [0.25, 0.3) is 11.0 Å². The molecule has 1 aliphatic heterocycles. The average Bonchev–Trinajstić information content (AvgIpc) is 3.34. The van der Waals surface area contributed by atoms with Crippen molar-refractivity contribution in [2.75, 3.05) is 17.9 Å². The Morgan fingerprint density at radius 2 is 2.03 bits per heavy atom. The van der Waals surface area contributed by atoms with Crippen molar-refractivity contribution in [1.29, 1.82) is 0 Å². The van der Waals surface area contributed by atoms with Crippen LogP contribution in [-0.2, 0) is 21.3 Å². The number of hydrogen-bond donors (Lipinski definition) is 2. The number of ether oxygens (including phenoxy) is 1. The highest BCUT2D eigenvalue weighted by Crippen LogP contribution is 2.27. The predicted molar refractivity (Wildman–Crippen MR) is 114 cm³/mol. The van der Waals surface area contributed by atoms with Crippen molar-refractivity contribution in [3.8, 4) is 0 Å². The second kappa shape index (κ2) is 8.08. The zero-order valence-electron chi connectivity index (χ0n) is 16.9. The number of amides is 1. The van der Waals surface area contributed by atoms with Crippen LogP contribution >= 0.6 is 0 Å². The van der Waals surface area contributed by atoms with Gasteiger partial charge in [0, 0.05) is 13.2 Å². The molecular weight excluding hydrogens is 404 g/mol. The molecule has 1 aliphatic rings. The van der Waals surface area contributed by atoms with E-state index in [0.29, 0.717) is 42.0 Å². The van der Waals surface area contributed by atoms with Crippen molar-refractivity contribution in [3.63, 3.8) is 0 Å². The van der Waals surface area contributed by atoms with E-state index in [2.05, 4.69) is 15.0 Å². The van der Waals surface area contributed by atoms with Gasteiger partial charge < -0.3 is 14.6 Å². The van der Waals surface area contributed by atoms with Crippen LogP contribution in [0.15, 0.2) is 47.4 Å². The summed E-state index contributed by atoms with van der Waals surface area (Å²) in [4.78, 5) is 17.8. The molecule has 8 nitrogen and oxygen atoms in total. The second-order valence-electron chi connectivity index (χ2n) is 7.25. The Hall–Kier alpha value is -2.91. The molecule has 3 aromatic rings. The Morgan fingerprint density at radius 3 is 2.70 bits per heavy atom. The normalized spacial score (nSPS) is 16.7. The first-order valence-corrected chi connectivity index (χ1v) is 11.3. The first kappa shape index (κ1) is 20.4. The van der Waals surface area contributed by atoms with E-state index in [1.165, 1.54) is 12.1 Å². The third-order valence-corrected chi connectivity index (χ3v) is 6.56. The van der Waals surface area contributed by atoms with Crippen molar-refractivity contribution in [3.05, 3.63) is 53.9 Å². The molecule has 1 atom stereocenters. The van der Waals surface area contributed by atoms with Gasteiger partial charge in [0.2, 0.25) is 0 Å². The highest BCUT2D eigenvalue weighted by atomic mass is 32.2. The molecule has 2 N–H and O–H groups in total. The summed E-state index contributed by atoms with van der Waals surface area (Å²) in [7, 11) is -3.79. The number of imidazole rings is 1. The molecule has 0 spiro atoms. The van der Waals surface area contributed by atoms with Crippen molar-refractivity contribution < 1.29 is 17.9 Å². The standard InChI is InChI=1S/C21H24N4O4S/c1-3-25-14(2)22-19-12-16(24-30(27,28)17-7-5-4-6-8-17)11-18(20(19)25)21(26)23-15-9-10-29-13-15/h4-8,11-12,15,24H,3,9-10,13H2,1-2H3,(H,23,26)/t15-/m0/s1. The van der Waals surface area contributed by atoms with Gasteiger partial charge in [-0.05, 0) is 44.5 Å². The maximum Gasteiger partial charge on any atom is 0.261 e. The summed E-state index contributed by atoms with van der Waals surface area (Å²) in [6.07, 6.45) is 0.751. The quantitative estimate of drug-likeness (QED) is 0.628. The van der Waals surface area contributed by atoms with Crippen LogP contribution in [0.1, 0.15) is 29.5 Å². The highest BCUT2D eigenvalue weighted by Gasteiger charge is 2.24. The maximum atomic E-state index is 13.1. The van der Waals surface area contributed by atoms with Gasteiger partial charge in [-0.3, -0.25) is 9.52 Å². The predicted octanol–water partition coefficient (Wildman–Crippen LogP) is 2.68. The minimum absolute atomic E-state index is 0.0590. The zero-order chi connectivity index (χ0) is 21.3. The molecule has 1 amide bonds. The van der Waals surface area contributed by atoms with E-state index in [1.807, 2.05) is 18.4 Å². The molecule has 1 fully saturated rings. The fourth-order valence-corrected chi connectivity index (χ4v) is 4.79. The Morgan fingerprint density at radius 1 is 1.27 bits per heavy atom. The third-order valence-electron chi connectivity index (χ3n) is 5.16. The molecule has 4 rings (SSSR count). The van der Waals surface area contributed by atoms with E-state index < -0.39 is 10.0 Å². The molecule has 2 aromatic carbocycles. The molecular formula is C21H24N4O4S. The van der Waals surface area contributed by atoms with E-state index in [0.717, 1.165) is 12.2 Å². The average molecular weight is 429 g/mol. The number of rotatable bonds is 6. The van der Waals surface area contributed by atoms with E-state index in [4.69, 9.17) is 4.74 Å². The molecule has 2 heterocycles. The number of nitrogens with zero attached hydrogens (tertiary/aromatic N) is 2. The zero-order valence-corrected chi connectivity index (χ0v) is 17.7. The maximum absolute atomic E-state index is 13.1. The molecule has 9 heteroatoms. The van der Waals surface area contributed by atoms with Crippen LogP contribution in [0.3, 0.4) is 0 Å². The number of anilines is 1. The van der Waals surface area contributed by atoms with Crippen LogP contribution in [0, 0.1) is 6.92 Å². The molecule has 0 radical (unpaired) electrons. The van der Waals surface area contributed by atoms with E-state index in [1.54, 1.807) is 30.3 Å². The molecule has 1 saturated heterocycles. The van der Waals surface area contributed by atoms with Crippen molar-refractivity contribution in [1.82, 2.24) is 14.9 Å². The molecule has 158 valence electrons. The summed E-state index contributed by atoms with van der Waals surface area (Å²) in [5.41, 5.74) is 1.93. The van der Waals surface area contributed by atoms with Gasteiger partial charge in [-0.1, -0.05) is 18.2 Å². The number of nitrogens with one attached hydrogen (secondary N) is 2. The lowest BCUT2D eigenvalue weighted by molar-refractivity contribution is 0.0931. The minimum Gasteiger partial charge on any atom is -0.379 e. The number of aryl methyl sites for hydroxylation is 2. The van der Waals surface area contributed by atoms with E-state index in [9.17, 15) is 13.2 Å². The number of benzene rings is 2. The summed E-state index contributed by atoms with van der Waals surface area (Å²) in [6.45, 7) is 5.57. The third kappa shape index (κ3) is 3.90. The Balaban J connectivity index is 1.77. The first-order chi connectivity index (χ1) is 14.4. The number of fused-ring (bicyclic) bond motifs is 1. The van der Waals surface area contributed by atoms with Gasteiger partial charge in [-0.25, -0.2) is 13.4 Å². The van der Waals surface area contributed by atoms with Crippen LogP contribution in [0.4, 0.5) is 5.69 Å². The Kier molecular flexibility index (Phi) is 5.48.